The summed E-state index contributed by atoms with van der Waals surface area (Å²) in [6, 6.07) is 20.9. The van der Waals surface area contributed by atoms with Gasteiger partial charge in [0.15, 0.2) is 0 Å². The fraction of sp³-hybridized carbons (Fsp3) is 0.185. The molecule has 32 heavy (non-hydrogen) atoms. The minimum atomic E-state index is -0.923. The zero-order chi connectivity index (χ0) is 22.8. The van der Waals surface area contributed by atoms with Crippen molar-refractivity contribution in [3.05, 3.63) is 94.7 Å². The van der Waals surface area contributed by atoms with Crippen molar-refractivity contribution in [2.24, 2.45) is 0 Å². The Kier molecular flexibility index (Phi) is 5.82. The monoisotopic (exact) mass is 427 g/mol. The van der Waals surface area contributed by atoms with Gasteiger partial charge in [-0.3, -0.25) is 0 Å². The summed E-state index contributed by atoms with van der Waals surface area (Å²) < 4.78 is 7.30. The third-order valence-electron chi connectivity index (χ3n) is 5.94. The van der Waals surface area contributed by atoms with Gasteiger partial charge in [-0.2, -0.15) is 0 Å². The fourth-order valence-corrected chi connectivity index (χ4v) is 4.10. The van der Waals surface area contributed by atoms with Crippen LogP contribution in [-0.2, 0) is 11.3 Å². The topological polar surface area (TPSA) is 68.5 Å². The molecule has 0 saturated heterocycles. The minimum absolute atomic E-state index is 0.292. The van der Waals surface area contributed by atoms with Crippen molar-refractivity contribution < 1.29 is 19.4 Å². The summed E-state index contributed by atoms with van der Waals surface area (Å²) in [6.07, 6.45) is 0. The average molecular weight is 428 g/mol. The van der Waals surface area contributed by atoms with Crippen LogP contribution in [-0.4, -0.2) is 28.2 Å². The lowest BCUT2D eigenvalue weighted by Crippen LogP contribution is -2.05. The summed E-state index contributed by atoms with van der Waals surface area (Å²) in [5.74, 6) is -1.24. The van der Waals surface area contributed by atoms with Crippen LogP contribution >= 0.6 is 0 Å². The van der Waals surface area contributed by atoms with Crippen molar-refractivity contribution in [2.45, 2.75) is 27.3 Å². The van der Waals surface area contributed by atoms with Crippen molar-refractivity contribution in [1.29, 1.82) is 0 Å². The molecule has 4 rings (SSSR count). The third kappa shape index (κ3) is 3.89. The van der Waals surface area contributed by atoms with Crippen molar-refractivity contribution in [3.8, 4) is 11.1 Å². The number of hydrogen-bond donors (Lipinski definition) is 1. The second-order valence-corrected chi connectivity index (χ2v) is 7.79. The standard InChI is InChI=1S/C27H25NO4/c1-4-32-27(31)20-11-9-19(10-12-20)23-8-6-5-7-22(23)16-28-18(3)17(2)24-15-21(26(29)30)13-14-25(24)28/h5-15H,4,16H2,1-3H3,(H,29,30). The molecule has 0 unspecified atom stereocenters. The Bertz CT molecular complexity index is 1320. The van der Waals surface area contributed by atoms with E-state index in [0.29, 0.717) is 24.3 Å². The quantitative estimate of drug-likeness (QED) is 0.392. The summed E-state index contributed by atoms with van der Waals surface area (Å²) >= 11 is 0. The van der Waals surface area contributed by atoms with Crippen molar-refractivity contribution >= 4 is 22.8 Å². The van der Waals surface area contributed by atoms with E-state index in [9.17, 15) is 14.7 Å². The molecule has 0 bridgehead atoms. The molecule has 0 aliphatic heterocycles. The number of fused-ring (bicyclic) bond motifs is 1. The number of nitrogens with zero attached hydrogens (tertiary/aromatic N) is 1. The lowest BCUT2D eigenvalue weighted by Gasteiger charge is -2.14. The Labute approximate surface area is 186 Å². The highest BCUT2D eigenvalue weighted by Crippen LogP contribution is 2.30. The van der Waals surface area contributed by atoms with Gasteiger partial charge in [0.2, 0.25) is 0 Å². The first-order chi connectivity index (χ1) is 15.4. The summed E-state index contributed by atoms with van der Waals surface area (Å²) in [6.45, 7) is 6.88. The molecule has 0 spiro atoms. The van der Waals surface area contributed by atoms with E-state index in [2.05, 4.69) is 23.6 Å². The van der Waals surface area contributed by atoms with E-state index in [1.807, 2.05) is 37.3 Å². The molecule has 5 nitrogen and oxygen atoms in total. The van der Waals surface area contributed by atoms with Crippen LogP contribution in [0.1, 0.15) is 44.5 Å². The third-order valence-corrected chi connectivity index (χ3v) is 5.94. The molecule has 1 heterocycles. The number of ether oxygens (including phenoxy) is 1. The lowest BCUT2D eigenvalue weighted by atomic mass is 9.98. The van der Waals surface area contributed by atoms with Gasteiger partial charge in [0.05, 0.1) is 17.7 Å². The average Bonchev–Trinajstić information content (AvgIpc) is 3.04. The number of aryl methyl sites for hydroxylation is 1. The minimum Gasteiger partial charge on any atom is -0.478 e. The first-order valence-electron chi connectivity index (χ1n) is 10.6. The number of aromatic nitrogens is 1. The number of carbonyl (C=O) groups is 2. The number of esters is 1. The van der Waals surface area contributed by atoms with Gasteiger partial charge < -0.3 is 14.4 Å². The second kappa shape index (κ2) is 8.71. The SMILES string of the molecule is CCOC(=O)c1ccc(-c2ccccc2Cn2c(C)c(C)c3cc(C(=O)O)ccc32)cc1. The molecule has 0 fully saturated rings. The number of carbonyl (C=O) groups excluding carboxylic acids is 1. The molecule has 0 saturated carbocycles. The number of rotatable bonds is 6. The fourth-order valence-electron chi connectivity index (χ4n) is 4.10. The van der Waals surface area contributed by atoms with Crippen LogP contribution in [0.3, 0.4) is 0 Å². The molecule has 0 aliphatic carbocycles. The van der Waals surface area contributed by atoms with E-state index in [0.717, 1.165) is 38.9 Å². The second-order valence-electron chi connectivity index (χ2n) is 7.79. The highest BCUT2D eigenvalue weighted by Gasteiger charge is 2.15. The van der Waals surface area contributed by atoms with E-state index in [-0.39, 0.29) is 5.97 Å². The summed E-state index contributed by atoms with van der Waals surface area (Å²) in [5, 5.41) is 10.3. The van der Waals surface area contributed by atoms with E-state index in [1.54, 1.807) is 31.2 Å². The van der Waals surface area contributed by atoms with Crippen molar-refractivity contribution in [1.82, 2.24) is 4.57 Å². The van der Waals surface area contributed by atoms with Gasteiger partial charge >= 0.3 is 11.9 Å². The highest BCUT2D eigenvalue weighted by molar-refractivity contribution is 5.95. The molecule has 0 aliphatic rings. The Morgan fingerprint density at radius 1 is 0.938 bits per heavy atom. The van der Waals surface area contributed by atoms with Crippen LogP contribution < -0.4 is 0 Å². The highest BCUT2D eigenvalue weighted by atomic mass is 16.5. The molecule has 3 aromatic carbocycles. The van der Waals surface area contributed by atoms with Crippen molar-refractivity contribution in [2.75, 3.05) is 6.61 Å². The van der Waals surface area contributed by atoms with Crippen LogP contribution in [0.4, 0.5) is 0 Å². The van der Waals surface area contributed by atoms with Crippen LogP contribution in [0, 0.1) is 13.8 Å². The van der Waals surface area contributed by atoms with E-state index >= 15 is 0 Å². The number of carboxylic acid groups (broad SMARTS) is 1. The summed E-state index contributed by atoms with van der Waals surface area (Å²) in [4.78, 5) is 23.4. The molecule has 0 radical (unpaired) electrons. The normalized spacial score (nSPS) is 11.0. The van der Waals surface area contributed by atoms with E-state index in [4.69, 9.17) is 4.74 Å². The maximum absolute atomic E-state index is 12.0. The molecule has 5 heteroatoms. The zero-order valence-corrected chi connectivity index (χ0v) is 18.4. The van der Waals surface area contributed by atoms with Crippen LogP contribution in [0.5, 0.6) is 0 Å². The molecule has 4 aromatic rings. The van der Waals surface area contributed by atoms with Crippen LogP contribution in [0.2, 0.25) is 0 Å². The Morgan fingerprint density at radius 2 is 1.62 bits per heavy atom. The first-order valence-corrected chi connectivity index (χ1v) is 10.6. The van der Waals surface area contributed by atoms with E-state index < -0.39 is 5.97 Å². The summed E-state index contributed by atoms with van der Waals surface area (Å²) in [5.41, 5.74) is 7.27. The molecule has 1 N–H and O–H groups in total. The molecule has 0 atom stereocenters. The maximum atomic E-state index is 12.0. The van der Waals surface area contributed by atoms with Gasteiger partial charge in [0.25, 0.3) is 0 Å². The van der Waals surface area contributed by atoms with Crippen LogP contribution in [0.25, 0.3) is 22.0 Å². The predicted octanol–water partition coefficient (Wildman–Crippen LogP) is 5.85. The largest absolute Gasteiger partial charge is 0.478 e. The number of benzene rings is 3. The van der Waals surface area contributed by atoms with Gasteiger partial charge in [-0.15, -0.1) is 0 Å². The maximum Gasteiger partial charge on any atom is 0.338 e. The lowest BCUT2D eigenvalue weighted by molar-refractivity contribution is 0.0526. The van der Waals surface area contributed by atoms with E-state index in [1.165, 1.54) is 0 Å². The summed E-state index contributed by atoms with van der Waals surface area (Å²) in [7, 11) is 0. The number of hydrogen-bond acceptors (Lipinski definition) is 3. The molecule has 1 aromatic heterocycles. The van der Waals surface area contributed by atoms with Gasteiger partial charge in [0, 0.05) is 23.1 Å². The van der Waals surface area contributed by atoms with Crippen LogP contribution in [0.15, 0.2) is 66.7 Å². The first kappa shape index (κ1) is 21.4. The van der Waals surface area contributed by atoms with Crippen molar-refractivity contribution in [3.63, 3.8) is 0 Å². The molecule has 0 amide bonds. The molecular weight excluding hydrogens is 402 g/mol. The molecule has 162 valence electrons. The van der Waals surface area contributed by atoms with Gasteiger partial charge in [-0.25, -0.2) is 9.59 Å². The number of aromatic carboxylic acids is 1. The smallest absolute Gasteiger partial charge is 0.338 e. The molecular formula is C27H25NO4. The predicted molar refractivity (Wildman–Crippen MR) is 125 cm³/mol. The zero-order valence-electron chi connectivity index (χ0n) is 18.4. The van der Waals surface area contributed by atoms with Gasteiger partial charge in [-0.1, -0.05) is 36.4 Å². The van der Waals surface area contributed by atoms with Gasteiger partial charge in [0.1, 0.15) is 0 Å². The van der Waals surface area contributed by atoms with Gasteiger partial charge in [-0.05, 0) is 73.4 Å². The Balaban J connectivity index is 1.73. The Hall–Kier alpha value is -3.86. The Morgan fingerprint density at radius 3 is 2.31 bits per heavy atom. The number of carboxylic acids is 1.